The van der Waals surface area contributed by atoms with E-state index in [9.17, 15) is 32.1 Å². The van der Waals surface area contributed by atoms with E-state index in [0.717, 1.165) is 7.11 Å². The Hall–Kier alpha value is -2.20. The van der Waals surface area contributed by atoms with Gasteiger partial charge in [-0.15, -0.1) is 13.2 Å². The maximum absolute atomic E-state index is 12.6. The van der Waals surface area contributed by atoms with Gasteiger partial charge in [-0.1, -0.05) is 0 Å². The van der Waals surface area contributed by atoms with Crippen LogP contribution in [0.1, 0.15) is 12.1 Å². The zero-order chi connectivity index (χ0) is 14.8. The number of hydrogen-bond donors (Lipinski definition) is 0. The third-order valence-electron chi connectivity index (χ3n) is 1.79. The number of nitrogens with zero attached hydrogens (tertiary/aromatic N) is 2. The van der Waals surface area contributed by atoms with E-state index in [4.69, 9.17) is 0 Å². The van der Waals surface area contributed by atoms with Crippen LogP contribution in [0.2, 0.25) is 0 Å². The van der Waals surface area contributed by atoms with Crippen LogP contribution in [0.25, 0.3) is 0 Å². The number of halogens is 5. The van der Waals surface area contributed by atoms with Gasteiger partial charge in [0, 0.05) is 0 Å². The van der Waals surface area contributed by atoms with Crippen LogP contribution in [-0.4, -0.2) is 23.4 Å². The molecule has 0 aliphatic carbocycles. The Bertz CT molecular complexity index is 491. The third kappa shape index (κ3) is 3.63. The average molecular weight is 288 g/mol. The quantitative estimate of drug-likeness (QED) is 0.484. The summed E-state index contributed by atoms with van der Waals surface area (Å²) in [5.41, 5.74) is -3.03. The van der Waals surface area contributed by atoms with Crippen molar-refractivity contribution in [1.82, 2.24) is 4.98 Å². The standard InChI is InChI=1S/C8H5F5N2O4/c1-18-4-2-3(19-8(11,12)13)6(15(16)17)5(14-4)7(9)10/h2,7H,1H3. The van der Waals surface area contributed by atoms with Gasteiger partial charge in [0.05, 0.1) is 18.1 Å². The Kier molecular flexibility index (Phi) is 4.07. The molecule has 0 amide bonds. The fraction of sp³-hybridized carbons (Fsp3) is 0.375. The van der Waals surface area contributed by atoms with E-state index in [-0.39, 0.29) is 0 Å². The zero-order valence-electron chi connectivity index (χ0n) is 9.07. The molecule has 1 aromatic heterocycles. The molecule has 0 aliphatic heterocycles. The normalized spacial score (nSPS) is 11.5. The van der Waals surface area contributed by atoms with Crippen molar-refractivity contribution in [3.8, 4) is 11.6 Å². The van der Waals surface area contributed by atoms with Crippen molar-refractivity contribution in [2.45, 2.75) is 12.8 Å². The average Bonchev–Trinajstić information content (AvgIpc) is 2.24. The van der Waals surface area contributed by atoms with Crippen LogP contribution in [0, 0.1) is 10.1 Å². The summed E-state index contributed by atoms with van der Waals surface area (Å²) in [7, 11) is 0.945. The van der Waals surface area contributed by atoms with Crippen LogP contribution >= 0.6 is 0 Å². The summed E-state index contributed by atoms with van der Waals surface area (Å²) in [5, 5.41) is 10.6. The number of methoxy groups -OCH3 is 1. The van der Waals surface area contributed by atoms with Crippen molar-refractivity contribution < 1.29 is 36.3 Å². The molecule has 0 aliphatic rings. The lowest BCUT2D eigenvalue weighted by atomic mass is 10.2. The van der Waals surface area contributed by atoms with Crippen molar-refractivity contribution in [1.29, 1.82) is 0 Å². The molecule has 19 heavy (non-hydrogen) atoms. The first-order chi connectivity index (χ1) is 8.65. The van der Waals surface area contributed by atoms with Gasteiger partial charge < -0.3 is 9.47 Å². The molecular weight excluding hydrogens is 283 g/mol. The fourth-order valence-corrected chi connectivity index (χ4v) is 1.15. The highest BCUT2D eigenvalue weighted by atomic mass is 19.4. The molecule has 6 nitrogen and oxygen atoms in total. The molecule has 0 bridgehead atoms. The number of rotatable bonds is 4. The van der Waals surface area contributed by atoms with Crippen LogP contribution in [-0.2, 0) is 0 Å². The molecular formula is C8H5F5N2O4. The SMILES string of the molecule is COc1cc(OC(F)(F)F)c([N+](=O)[O-])c(C(F)F)n1. The first kappa shape index (κ1) is 14.9. The molecule has 1 rings (SSSR count). The van der Waals surface area contributed by atoms with Gasteiger partial charge in [0.15, 0.2) is 5.69 Å². The maximum Gasteiger partial charge on any atom is 0.573 e. The lowest BCUT2D eigenvalue weighted by molar-refractivity contribution is -0.390. The molecule has 11 heteroatoms. The number of ether oxygens (including phenoxy) is 2. The number of alkyl halides is 5. The molecule has 0 unspecified atom stereocenters. The van der Waals surface area contributed by atoms with Crippen molar-refractivity contribution in [3.63, 3.8) is 0 Å². The van der Waals surface area contributed by atoms with E-state index in [1.54, 1.807) is 0 Å². The van der Waals surface area contributed by atoms with Gasteiger partial charge in [-0.25, -0.2) is 13.8 Å². The van der Waals surface area contributed by atoms with E-state index >= 15 is 0 Å². The Balaban J connectivity index is 3.48. The first-order valence-electron chi connectivity index (χ1n) is 4.43. The summed E-state index contributed by atoms with van der Waals surface area (Å²) in [4.78, 5) is 12.2. The van der Waals surface area contributed by atoms with Gasteiger partial charge in [-0.05, 0) is 0 Å². The van der Waals surface area contributed by atoms with Crippen LogP contribution in [0.15, 0.2) is 6.07 Å². The monoisotopic (exact) mass is 288 g/mol. The van der Waals surface area contributed by atoms with E-state index in [1.165, 1.54) is 0 Å². The van der Waals surface area contributed by atoms with E-state index in [2.05, 4.69) is 14.5 Å². The molecule has 0 spiro atoms. The van der Waals surface area contributed by atoms with Gasteiger partial charge in [-0.3, -0.25) is 10.1 Å². The number of nitro groups is 1. The Morgan fingerprint density at radius 2 is 2.00 bits per heavy atom. The highest BCUT2D eigenvalue weighted by Gasteiger charge is 2.38. The molecule has 0 N–H and O–H groups in total. The molecule has 1 aromatic rings. The minimum absolute atomic E-state index is 0.400. The van der Waals surface area contributed by atoms with E-state index in [0.29, 0.717) is 6.07 Å². The summed E-state index contributed by atoms with van der Waals surface area (Å²) < 4.78 is 69.0. The molecule has 1 heterocycles. The molecule has 0 fully saturated rings. The zero-order valence-corrected chi connectivity index (χ0v) is 9.07. The van der Waals surface area contributed by atoms with Crippen LogP contribution in [0.4, 0.5) is 27.6 Å². The van der Waals surface area contributed by atoms with Crippen LogP contribution < -0.4 is 9.47 Å². The first-order valence-corrected chi connectivity index (χ1v) is 4.43. The van der Waals surface area contributed by atoms with Gasteiger partial charge in [0.2, 0.25) is 11.6 Å². The molecule has 0 atom stereocenters. The predicted octanol–water partition coefficient (Wildman–Crippen LogP) is 2.83. The van der Waals surface area contributed by atoms with Gasteiger partial charge in [0.1, 0.15) is 0 Å². The largest absolute Gasteiger partial charge is 0.573 e. The van der Waals surface area contributed by atoms with Crippen molar-refractivity contribution in [3.05, 3.63) is 21.9 Å². The van der Waals surface area contributed by atoms with Crippen molar-refractivity contribution in [2.24, 2.45) is 0 Å². The maximum atomic E-state index is 12.6. The third-order valence-corrected chi connectivity index (χ3v) is 1.79. The molecule has 0 radical (unpaired) electrons. The number of aromatic nitrogens is 1. The second-order valence-electron chi connectivity index (χ2n) is 3.00. The molecule has 0 aromatic carbocycles. The molecule has 106 valence electrons. The van der Waals surface area contributed by atoms with E-state index in [1.807, 2.05) is 0 Å². The number of hydrogen-bond acceptors (Lipinski definition) is 5. The number of pyridine rings is 1. The highest BCUT2D eigenvalue weighted by Crippen LogP contribution is 2.40. The van der Waals surface area contributed by atoms with E-state index < -0.39 is 40.7 Å². The summed E-state index contributed by atoms with van der Waals surface area (Å²) >= 11 is 0. The van der Waals surface area contributed by atoms with Crippen molar-refractivity contribution in [2.75, 3.05) is 7.11 Å². The second-order valence-corrected chi connectivity index (χ2v) is 3.00. The van der Waals surface area contributed by atoms with Gasteiger partial charge >= 0.3 is 12.0 Å². The molecule has 0 saturated carbocycles. The summed E-state index contributed by atoms with van der Waals surface area (Å²) in [6.07, 6.45) is -8.75. The topological polar surface area (TPSA) is 74.5 Å². The van der Waals surface area contributed by atoms with Crippen LogP contribution in [0.3, 0.4) is 0 Å². The minimum Gasteiger partial charge on any atom is -0.481 e. The minimum atomic E-state index is -5.28. The lowest BCUT2D eigenvalue weighted by Gasteiger charge is -2.12. The summed E-state index contributed by atoms with van der Waals surface area (Å²) in [6.45, 7) is 0. The Morgan fingerprint density at radius 1 is 1.42 bits per heavy atom. The highest BCUT2D eigenvalue weighted by molar-refractivity contribution is 5.52. The summed E-state index contributed by atoms with van der Waals surface area (Å²) in [5.74, 6) is -2.08. The second kappa shape index (κ2) is 5.20. The summed E-state index contributed by atoms with van der Waals surface area (Å²) in [6, 6.07) is 0.400. The van der Waals surface area contributed by atoms with Gasteiger partial charge in [-0.2, -0.15) is 0 Å². The Morgan fingerprint density at radius 3 is 2.37 bits per heavy atom. The van der Waals surface area contributed by atoms with Gasteiger partial charge in [0.25, 0.3) is 6.43 Å². The Labute approximate surface area is 101 Å². The van der Waals surface area contributed by atoms with Crippen LogP contribution in [0.5, 0.6) is 11.6 Å². The fourth-order valence-electron chi connectivity index (χ4n) is 1.15. The lowest BCUT2D eigenvalue weighted by Crippen LogP contribution is -2.19. The van der Waals surface area contributed by atoms with Crippen molar-refractivity contribution >= 4 is 5.69 Å². The smallest absolute Gasteiger partial charge is 0.481 e. The molecule has 0 saturated heterocycles. The predicted molar refractivity (Wildman–Crippen MR) is 49.1 cm³/mol.